The summed E-state index contributed by atoms with van der Waals surface area (Å²) in [6.45, 7) is 1.33. The summed E-state index contributed by atoms with van der Waals surface area (Å²) in [6, 6.07) is 4.21. The number of nitrogens with zero attached hydrogens (tertiary/aromatic N) is 2. The molecule has 0 fully saturated rings. The fraction of sp³-hybridized carbons (Fsp3) is 0.250. The second-order valence-electron chi connectivity index (χ2n) is 5.74. The molecule has 0 heterocycles. The van der Waals surface area contributed by atoms with Gasteiger partial charge >= 0.3 is 18.2 Å². The summed E-state index contributed by atoms with van der Waals surface area (Å²) in [5.41, 5.74) is -5.97. The van der Waals surface area contributed by atoms with Gasteiger partial charge in [-0.2, -0.15) is 13.2 Å². The molecule has 0 N–H and O–H groups in total. The molecule has 188 valence electrons. The van der Waals surface area contributed by atoms with Crippen molar-refractivity contribution in [1.82, 2.24) is 0 Å². The molecular formula is C16H9F9N2O6S. The third-order valence-corrected chi connectivity index (χ3v) is 3.96. The van der Waals surface area contributed by atoms with Gasteiger partial charge in [0.05, 0.1) is 14.7 Å². The first kappa shape index (κ1) is 28.6. The Kier molecular flexibility index (Phi) is 8.96. The van der Waals surface area contributed by atoms with Gasteiger partial charge in [0, 0.05) is 23.8 Å². The SMILES string of the molecule is Cc1cc(OC(F)(F)F)ccc1[N+](=O)[O-].O=[N+]([O-])c1ccc(OC(F)(F)F)cc1SC(F)(F)F. The lowest BCUT2D eigenvalue weighted by Gasteiger charge is -2.11. The molecular weight excluding hydrogens is 519 g/mol. The van der Waals surface area contributed by atoms with Gasteiger partial charge in [-0.05, 0) is 36.9 Å². The minimum Gasteiger partial charge on any atom is -0.406 e. The first-order valence-corrected chi connectivity index (χ1v) is 8.90. The van der Waals surface area contributed by atoms with Crippen molar-refractivity contribution in [3.63, 3.8) is 0 Å². The topological polar surface area (TPSA) is 105 Å². The largest absolute Gasteiger partial charge is 0.573 e. The molecule has 0 saturated heterocycles. The Balaban J connectivity index is 0.000000350. The molecule has 0 unspecified atom stereocenters. The maximum atomic E-state index is 12.1. The number of thioether (sulfide) groups is 1. The summed E-state index contributed by atoms with van der Waals surface area (Å²) >= 11 is -0.893. The molecule has 0 aliphatic carbocycles. The fourth-order valence-corrected chi connectivity index (χ4v) is 2.75. The van der Waals surface area contributed by atoms with Crippen molar-refractivity contribution in [3.8, 4) is 11.5 Å². The highest BCUT2D eigenvalue weighted by atomic mass is 32.2. The Hall–Kier alpha value is -3.44. The van der Waals surface area contributed by atoms with Crippen molar-refractivity contribution >= 4 is 23.1 Å². The number of ether oxygens (including phenoxy) is 2. The zero-order valence-corrected chi connectivity index (χ0v) is 16.9. The predicted octanol–water partition coefficient (Wildman–Crippen LogP) is 6.91. The van der Waals surface area contributed by atoms with Crippen LogP contribution < -0.4 is 9.47 Å². The van der Waals surface area contributed by atoms with E-state index in [0.29, 0.717) is 18.2 Å². The average Bonchev–Trinajstić information content (AvgIpc) is 2.57. The number of nitro groups is 2. The average molecular weight is 528 g/mol. The number of hydrogen-bond acceptors (Lipinski definition) is 7. The van der Waals surface area contributed by atoms with Crippen molar-refractivity contribution in [2.24, 2.45) is 0 Å². The van der Waals surface area contributed by atoms with E-state index >= 15 is 0 Å². The number of hydrogen-bond donors (Lipinski definition) is 0. The minimum atomic E-state index is -5.10. The van der Waals surface area contributed by atoms with Crippen LogP contribution in [0.5, 0.6) is 11.5 Å². The van der Waals surface area contributed by atoms with E-state index in [1.54, 1.807) is 0 Å². The Morgan fingerprint density at radius 2 is 1.15 bits per heavy atom. The number of nitro benzene ring substituents is 2. The number of aryl methyl sites for hydroxylation is 1. The maximum absolute atomic E-state index is 12.1. The van der Waals surface area contributed by atoms with Crippen molar-refractivity contribution in [1.29, 1.82) is 0 Å². The summed E-state index contributed by atoms with van der Waals surface area (Å²) < 4.78 is 114. The quantitative estimate of drug-likeness (QED) is 0.180. The van der Waals surface area contributed by atoms with E-state index < -0.39 is 61.9 Å². The van der Waals surface area contributed by atoms with Crippen LogP contribution in [0.15, 0.2) is 41.3 Å². The molecule has 0 atom stereocenters. The molecule has 0 aromatic heterocycles. The van der Waals surface area contributed by atoms with Gasteiger partial charge in [-0.1, -0.05) is 0 Å². The summed E-state index contributed by atoms with van der Waals surface area (Å²) in [7, 11) is 0. The van der Waals surface area contributed by atoms with Crippen molar-refractivity contribution in [2.45, 2.75) is 30.1 Å². The molecule has 0 aliphatic rings. The monoisotopic (exact) mass is 528 g/mol. The van der Waals surface area contributed by atoms with E-state index in [9.17, 15) is 59.7 Å². The standard InChI is InChI=1S/C8H3F6NO3S.C8H6F3NO3/c9-7(10,11)18-4-1-2-5(15(16)17)6(3-4)19-8(12,13)14;1-5-4-6(15-8(9,10)11)2-3-7(5)12(13)14/h1-3H;2-4H,1H3. The third-order valence-electron chi connectivity index (χ3n) is 3.19. The second-order valence-corrected chi connectivity index (χ2v) is 6.84. The fourth-order valence-electron chi connectivity index (χ4n) is 2.08. The van der Waals surface area contributed by atoms with E-state index in [4.69, 9.17) is 0 Å². The van der Waals surface area contributed by atoms with Crippen LogP contribution >= 0.6 is 11.8 Å². The molecule has 2 rings (SSSR count). The Morgan fingerprint density at radius 1 is 0.735 bits per heavy atom. The molecule has 8 nitrogen and oxygen atoms in total. The van der Waals surface area contributed by atoms with Crippen LogP contribution in [0.4, 0.5) is 50.9 Å². The molecule has 0 radical (unpaired) electrons. The second kappa shape index (κ2) is 10.7. The van der Waals surface area contributed by atoms with E-state index in [-0.39, 0.29) is 11.3 Å². The molecule has 34 heavy (non-hydrogen) atoms. The lowest BCUT2D eigenvalue weighted by molar-refractivity contribution is -0.387. The zero-order chi connectivity index (χ0) is 26.5. The van der Waals surface area contributed by atoms with Gasteiger partial charge in [0.15, 0.2) is 0 Å². The summed E-state index contributed by atoms with van der Waals surface area (Å²) in [5.74, 6) is -1.43. The number of benzene rings is 2. The van der Waals surface area contributed by atoms with Crippen molar-refractivity contribution < 1.29 is 58.8 Å². The molecule has 0 saturated carbocycles. The molecule has 0 spiro atoms. The molecule has 0 aliphatic heterocycles. The lowest BCUT2D eigenvalue weighted by atomic mass is 10.2. The molecule has 2 aromatic carbocycles. The Labute approximate surface area is 186 Å². The maximum Gasteiger partial charge on any atom is 0.573 e. The van der Waals surface area contributed by atoms with Crippen LogP contribution in [0.2, 0.25) is 0 Å². The zero-order valence-electron chi connectivity index (χ0n) is 16.1. The normalized spacial score (nSPS) is 11.8. The number of rotatable bonds is 5. The number of alkyl halides is 9. The van der Waals surface area contributed by atoms with Crippen molar-refractivity contribution in [3.05, 3.63) is 62.2 Å². The van der Waals surface area contributed by atoms with Gasteiger partial charge in [0.1, 0.15) is 11.5 Å². The van der Waals surface area contributed by atoms with Crippen LogP contribution in [0.1, 0.15) is 5.56 Å². The van der Waals surface area contributed by atoms with E-state index in [1.807, 2.05) is 0 Å². The van der Waals surface area contributed by atoms with Gasteiger partial charge in [-0.15, -0.1) is 26.3 Å². The number of halogens is 9. The molecule has 2 aromatic rings. The first-order valence-electron chi connectivity index (χ1n) is 8.08. The predicted molar refractivity (Wildman–Crippen MR) is 96.2 cm³/mol. The van der Waals surface area contributed by atoms with Gasteiger partial charge < -0.3 is 9.47 Å². The summed E-state index contributed by atoms with van der Waals surface area (Å²) in [6.07, 6.45) is -9.89. The Morgan fingerprint density at radius 3 is 1.50 bits per heavy atom. The van der Waals surface area contributed by atoms with Crippen molar-refractivity contribution in [2.75, 3.05) is 0 Å². The molecule has 0 amide bonds. The van der Waals surface area contributed by atoms with E-state index in [1.165, 1.54) is 6.92 Å². The highest BCUT2D eigenvalue weighted by Crippen LogP contribution is 2.43. The van der Waals surface area contributed by atoms with Crippen LogP contribution in [-0.2, 0) is 0 Å². The van der Waals surface area contributed by atoms with E-state index in [0.717, 1.165) is 18.2 Å². The smallest absolute Gasteiger partial charge is 0.406 e. The third kappa shape index (κ3) is 10.5. The van der Waals surface area contributed by atoms with E-state index in [2.05, 4.69) is 9.47 Å². The highest BCUT2D eigenvalue weighted by molar-refractivity contribution is 8.00. The van der Waals surface area contributed by atoms with Crippen LogP contribution in [0.3, 0.4) is 0 Å². The summed E-state index contributed by atoms with van der Waals surface area (Å²) in [5, 5.41) is 20.8. The molecule has 0 bridgehead atoms. The highest BCUT2D eigenvalue weighted by Gasteiger charge is 2.35. The van der Waals surface area contributed by atoms with Crippen LogP contribution in [-0.4, -0.2) is 28.1 Å². The van der Waals surface area contributed by atoms with Gasteiger partial charge in [0.25, 0.3) is 11.4 Å². The van der Waals surface area contributed by atoms with Crippen LogP contribution in [0, 0.1) is 27.2 Å². The van der Waals surface area contributed by atoms with Gasteiger partial charge in [0.2, 0.25) is 0 Å². The Bertz CT molecular complexity index is 1040. The lowest BCUT2D eigenvalue weighted by Crippen LogP contribution is -2.17. The van der Waals surface area contributed by atoms with Crippen LogP contribution in [0.25, 0.3) is 0 Å². The van der Waals surface area contributed by atoms with Gasteiger partial charge in [-0.3, -0.25) is 20.2 Å². The first-order chi connectivity index (χ1) is 15.3. The summed E-state index contributed by atoms with van der Waals surface area (Å²) in [4.78, 5) is 18.0. The minimum absolute atomic E-state index is 0.113. The molecule has 18 heteroatoms. The van der Waals surface area contributed by atoms with Gasteiger partial charge in [-0.25, -0.2) is 0 Å².